The summed E-state index contributed by atoms with van der Waals surface area (Å²) in [5.41, 5.74) is 0.872. The molecule has 0 aliphatic carbocycles. The van der Waals surface area contributed by atoms with E-state index in [2.05, 4.69) is 4.90 Å². The van der Waals surface area contributed by atoms with Crippen LogP contribution in [0.15, 0.2) is 42.5 Å². The molecular formula is C23H26FN3O6. The van der Waals surface area contributed by atoms with E-state index >= 15 is 0 Å². The van der Waals surface area contributed by atoms with Crippen molar-refractivity contribution in [2.45, 2.75) is 38.9 Å². The number of ether oxygens (including phenoxy) is 1. The number of halogens is 1. The number of carboxylic acid groups (broad SMARTS) is 1. The maximum absolute atomic E-state index is 13.1. The smallest absolute Gasteiger partial charge is 0.311 e. The second kappa shape index (κ2) is 10.4. The number of amides is 1. The zero-order valence-electron chi connectivity index (χ0n) is 18.4. The van der Waals surface area contributed by atoms with E-state index in [1.165, 1.54) is 24.3 Å². The predicted octanol–water partition coefficient (Wildman–Crippen LogP) is 2.86. The van der Waals surface area contributed by atoms with Crippen LogP contribution in [-0.4, -0.2) is 63.5 Å². The molecule has 33 heavy (non-hydrogen) atoms. The number of piperazine rings is 1. The monoisotopic (exact) mass is 459 g/mol. The fourth-order valence-corrected chi connectivity index (χ4v) is 3.92. The number of rotatable bonds is 8. The number of benzene rings is 2. The third-order valence-electron chi connectivity index (χ3n) is 5.66. The molecule has 2 aromatic rings. The molecule has 2 aromatic carbocycles. The number of nitro benzene ring substituents is 1. The average molecular weight is 459 g/mol. The summed E-state index contributed by atoms with van der Waals surface area (Å²) in [5, 5.41) is 20.2. The minimum Gasteiger partial charge on any atom is -0.481 e. The summed E-state index contributed by atoms with van der Waals surface area (Å²) >= 11 is 0. The van der Waals surface area contributed by atoms with E-state index in [9.17, 15) is 24.1 Å². The molecule has 0 saturated carbocycles. The van der Waals surface area contributed by atoms with Gasteiger partial charge in [0.2, 0.25) is 0 Å². The third-order valence-corrected chi connectivity index (χ3v) is 5.66. The summed E-state index contributed by atoms with van der Waals surface area (Å²) in [7, 11) is 0. The number of hydrogen-bond donors (Lipinski definition) is 1. The van der Waals surface area contributed by atoms with Gasteiger partial charge in [-0.05, 0) is 43.2 Å². The predicted molar refractivity (Wildman–Crippen MR) is 117 cm³/mol. The fourth-order valence-electron chi connectivity index (χ4n) is 3.92. The lowest BCUT2D eigenvalue weighted by Gasteiger charge is -2.44. The van der Waals surface area contributed by atoms with Gasteiger partial charge in [-0.25, -0.2) is 4.39 Å². The van der Waals surface area contributed by atoms with Crippen molar-refractivity contribution in [2.24, 2.45) is 0 Å². The Kier molecular flexibility index (Phi) is 7.59. The maximum Gasteiger partial charge on any atom is 0.311 e. The molecule has 1 aliphatic rings. The molecule has 10 heteroatoms. The lowest BCUT2D eigenvalue weighted by Crippen LogP contribution is -2.58. The van der Waals surface area contributed by atoms with Crippen LogP contribution in [0.3, 0.4) is 0 Å². The van der Waals surface area contributed by atoms with E-state index in [4.69, 9.17) is 9.84 Å². The summed E-state index contributed by atoms with van der Waals surface area (Å²) < 4.78 is 18.6. The van der Waals surface area contributed by atoms with Crippen LogP contribution in [0, 0.1) is 15.9 Å². The first kappa shape index (κ1) is 24.1. The molecule has 176 valence electrons. The van der Waals surface area contributed by atoms with Gasteiger partial charge in [0.1, 0.15) is 5.82 Å². The molecule has 1 aliphatic heterocycles. The Morgan fingerprint density at radius 2 is 1.79 bits per heavy atom. The second-order valence-corrected chi connectivity index (χ2v) is 8.22. The first-order valence-corrected chi connectivity index (χ1v) is 10.5. The van der Waals surface area contributed by atoms with Crippen molar-refractivity contribution in [1.29, 1.82) is 0 Å². The normalized spacial score (nSPS) is 18.7. The van der Waals surface area contributed by atoms with Crippen molar-refractivity contribution >= 4 is 17.6 Å². The van der Waals surface area contributed by atoms with Crippen molar-refractivity contribution in [2.75, 3.05) is 19.7 Å². The third kappa shape index (κ3) is 6.26. The highest BCUT2D eigenvalue weighted by Gasteiger charge is 2.32. The zero-order chi connectivity index (χ0) is 24.1. The van der Waals surface area contributed by atoms with Gasteiger partial charge in [0.25, 0.3) is 5.91 Å². The van der Waals surface area contributed by atoms with Crippen LogP contribution in [0.4, 0.5) is 10.1 Å². The van der Waals surface area contributed by atoms with E-state index in [-0.39, 0.29) is 53.8 Å². The van der Waals surface area contributed by atoms with Crippen molar-refractivity contribution in [3.63, 3.8) is 0 Å². The van der Waals surface area contributed by atoms with Gasteiger partial charge in [-0.2, -0.15) is 0 Å². The topological polar surface area (TPSA) is 113 Å². The molecule has 1 N–H and O–H groups in total. The van der Waals surface area contributed by atoms with Gasteiger partial charge in [-0.3, -0.25) is 24.6 Å². The number of nitro groups is 1. The number of carbonyl (C=O) groups excluding carboxylic acids is 1. The fraction of sp³-hybridized carbons (Fsp3) is 0.391. The number of carbonyl (C=O) groups is 2. The Hall–Kier alpha value is -3.53. The molecule has 0 unspecified atom stereocenters. The molecule has 2 atom stereocenters. The van der Waals surface area contributed by atoms with Crippen molar-refractivity contribution in [3.05, 3.63) is 69.5 Å². The van der Waals surface area contributed by atoms with E-state index in [0.717, 1.165) is 11.6 Å². The summed E-state index contributed by atoms with van der Waals surface area (Å²) in [6, 6.07) is 10.2. The van der Waals surface area contributed by atoms with Gasteiger partial charge < -0.3 is 14.7 Å². The Labute approximate surface area is 190 Å². The average Bonchev–Trinajstić information content (AvgIpc) is 2.76. The Morgan fingerprint density at radius 3 is 2.42 bits per heavy atom. The molecule has 0 radical (unpaired) electrons. The molecule has 1 heterocycles. The molecule has 9 nitrogen and oxygen atoms in total. The van der Waals surface area contributed by atoms with Gasteiger partial charge in [0.15, 0.2) is 12.4 Å². The van der Waals surface area contributed by atoms with E-state index in [0.29, 0.717) is 19.6 Å². The molecule has 0 bridgehead atoms. The molecule has 1 saturated heterocycles. The van der Waals surface area contributed by atoms with Crippen LogP contribution in [0.5, 0.6) is 5.75 Å². The summed E-state index contributed by atoms with van der Waals surface area (Å²) in [6.45, 7) is 5.28. The van der Waals surface area contributed by atoms with Crippen molar-refractivity contribution in [1.82, 2.24) is 9.80 Å². The van der Waals surface area contributed by atoms with E-state index in [1.54, 1.807) is 17.0 Å². The number of nitrogens with zero attached hydrogens (tertiary/aromatic N) is 3. The van der Waals surface area contributed by atoms with Crippen LogP contribution in [0.1, 0.15) is 25.0 Å². The van der Waals surface area contributed by atoms with Crippen LogP contribution in [-0.2, 0) is 22.6 Å². The standard InChI is InChI=1S/C23H26FN3O6/c1-15-12-26(16(2)11-25(15)13-17-3-6-19(24)7-4-17)22(28)14-33-21-8-5-18(10-23(29)30)9-20(21)27(31)32/h3-9,15-16H,10-14H2,1-2H3,(H,29,30)/t15-,16+/m0/s1. The highest BCUT2D eigenvalue weighted by Crippen LogP contribution is 2.28. The van der Waals surface area contributed by atoms with Crippen LogP contribution in [0.2, 0.25) is 0 Å². The minimum atomic E-state index is -1.10. The van der Waals surface area contributed by atoms with Crippen molar-refractivity contribution < 1.29 is 28.7 Å². The van der Waals surface area contributed by atoms with Gasteiger partial charge in [0.05, 0.1) is 11.3 Å². The molecule has 1 fully saturated rings. The second-order valence-electron chi connectivity index (χ2n) is 8.22. The Morgan fingerprint density at radius 1 is 1.12 bits per heavy atom. The largest absolute Gasteiger partial charge is 0.481 e. The van der Waals surface area contributed by atoms with Crippen molar-refractivity contribution in [3.8, 4) is 5.75 Å². The lowest BCUT2D eigenvalue weighted by molar-refractivity contribution is -0.385. The first-order valence-electron chi connectivity index (χ1n) is 10.5. The quantitative estimate of drug-likeness (QED) is 0.477. The van der Waals surface area contributed by atoms with E-state index in [1.807, 2.05) is 13.8 Å². The molecular weight excluding hydrogens is 433 g/mol. The zero-order valence-corrected chi connectivity index (χ0v) is 18.4. The van der Waals surface area contributed by atoms with Gasteiger partial charge in [-0.15, -0.1) is 0 Å². The molecule has 0 spiro atoms. The number of aliphatic carboxylic acids is 1. The lowest BCUT2D eigenvalue weighted by atomic mass is 10.1. The highest BCUT2D eigenvalue weighted by molar-refractivity contribution is 5.78. The Balaban J connectivity index is 1.61. The molecule has 3 rings (SSSR count). The minimum absolute atomic E-state index is 0.0554. The van der Waals surface area contributed by atoms with Gasteiger partial charge >= 0.3 is 11.7 Å². The van der Waals surface area contributed by atoms with Crippen LogP contribution < -0.4 is 4.74 Å². The summed E-state index contributed by atoms with van der Waals surface area (Å²) in [4.78, 5) is 38.3. The first-order chi connectivity index (χ1) is 15.6. The number of hydrogen-bond acceptors (Lipinski definition) is 6. The van der Waals surface area contributed by atoms with Gasteiger partial charge in [-0.1, -0.05) is 18.2 Å². The maximum atomic E-state index is 13.1. The summed E-state index contributed by atoms with van der Waals surface area (Å²) in [5.74, 6) is -1.76. The van der Waals surface area contributed by atoms with Crippen LogP contribution >= 0.6 is 0 Å². The SMILES string of the molecule is C[C@@H]1CN(Cc2ccc(F)cc2)[C@@H](C)CN1C(=O)COc1ccc(CC(=O)O)cc1[N+](=O)[O-]. The summed E-state index contributed by atoms with van der Waals surface area (Å²) in [6.07, 6.45) is -0.350. The van der Waals surface area contributed by atoms with Crippen LogP contribution in [0.25, 0.3) is 0 Å². The highest BCUT2D eigenvalue weighted by atomic mass is 19.1. The number of carboxylic acids is 1. The van der Waals surface area contributed by atoms with Gasteiger partial charge in [0, 0.05) is 37.8 Å². The molecule has 0 aromatic heterocycles. The van der Waals surface area contributed by atoms with E-state index < -0.39 is 10.9 Å². The molecule has 1 amide bonds. The Bertz CT molecular complexity index is 1030.